The Hall–Kier alpha value is -2.55. The molecule has 0 spiro atoms. The maximum Gasteiger partial charge on any atom is 0.188 e. The highest BCUT2D eigenvalue weighted by Crippen LogP contribution is 2.14. The van der Waals surface area contributed by atoms with Gasteiger partial charge in [0.2, 0.25) is 0 Å². The van der Waals surface area contributed by atoms with Crippen LogP contribution in [0.4, 0.5) is 0 Å². The highest BCUT2D eigenvalue weighted by molar-refractivity contribution is 5.76. The molecule has 0 aliphatic heterocycles. The average molecular weight is 446 g/mol. The van der Waals surface area contributed by atoms with Gasteiger partial charge in [0.15, 0.2) is 5.96 Å². The standard InChI is InChI=1S/C24H39N5O3/c1-28(2)17-20-8-5-9-21(16-20)31-15-7-13-27-24(25)26-12-6-14-30-19-23-11-10-22(32-23)18-29(3)4/h5,8-11,16H,6-7,12-15,17-19H2,1-4H3,(H3,25,26,27). The fraction of sp³-hybridized carbons (Fsp3) is 0.542. The lowest BCUT2D eigenvalue weighted by Gasteiger charge is -2.12. The zero-order valence-electron chi connectivity index (χ0n) is 19.9. The van der Waals surface area contributed by atoms with Crippen molar-refractivity contribution in [3.8, 4) is 5.75 Å². The van der Waals surface area contributed by atoms with Crippen LogP contribution in [0.5, 0.6) is 5.75 Å². The third kappa shape index (κ3) is 11.2. The van der Waals surface area contributed by atoms with E-state index in [2.05, 4.69) is 46.7 Å². The van der Waals surface area contributed by atoms with Gasteiger partial charge in [-0.15, -0.1) is 0 Å². The first-order chi connectivity index (χ1) is 15.4. The molecule has 1 heterocycles. The van der Waals surface area contributed by atoms with Crippen LogP contribution < -0.4 is 15.4 Å². The second-order valence-electron chi connectivity index (χ2n) is 8.33. The van der Waals surface area contributed by atoms with Gasteiger partial charge in [-0.1, -0.05) is 12.1 Å². The summed E-state index contributed by atoms with van der Waals surface area (Å²) in [5, 5.41) is 14.1. The zero-order chi connectivity index (χ0) is 23.2. The van der Waals surface area contributed by atoms with Gasteiger partial charge in [0.1, 0.15) is 23.9 Å². The van der Waals surface area contributed by atoms with E-state index in [9.17, 15) is 0 Å². The molecule has 8 nitrogen and oxygen atoms in total. The summed E-state index contributed by atoms with van der Waals surface area (Å²) in [6.07, 6.45) is 1.64. The molecule has 0 fully saturated rings. The number of ether oxygens (including phenoxy) is 2. The molecular formula is C24H39N5O3. The van der Waals surface area contributed by atoms with Gasteiger partial charge in [0.05, 0.1) is 13.2 Å². The average Bonchev–Trinajstić information content (AvgIpc) is 3.16. The van der Waals surface area contributed by atoms with Crippen LogP contribution >= 0.6 is 0 Å². The van der Waals surface area contributed by atoms with Gasteiger partial charge in [-0.3, -0.25) is 5.41 Å². The Labute approximate surface area is 192 Å². The normalized spacial score (nSPS) is 11.2. The molecule has 3 N–H and O–H groups in total. The molecule has 0 saturated heterocycles. The van der Waals surface area contributed by atoms with E-state index in [1.54, 1.807) is 0 Å². The lowest BCUT2D eigenvalue weighted by molar-refractivity contribution is 0.103. The van der Waals surface area contributed by atoms with Crippen molar-refractivity contribution in [3.63, 3.8) is 0 Å². The Morgan fingerprint density at radius 1 is 0.906 bits per heavy atom. The van der Waals surface area contributed by atoms with E-state index >= 15 is 0 Å². The molecule has 0 atom stereocenters. The second-order valence-corrected chi connectivity index (χ2v) is 8.33. The van der Waals surface area contributed by atoms with Crippen LogP contribution in [0.3, 0.4) is 0 Å². The van der Waals surface area contributed by atoms with E-state index in [0.29, 0.717) is 38.9 Å². The summed E-state index contributed by atoms with van der Waals surface area (Å²) >= 11 is 0. The fourth-order valence-corrected chi connectivity index (χ4v) is 3.09. The lowest BCUT2D eigenvalue weighted by Crippen LogP contribution is -2.37. The molecule has 0 amide bonds. The minimum absolute atomic E-state index is 0.331. The maximum absolute atomic E-state index is 7.93. The third-order valence-electron chi connectivity index (χ3n) is 4.49. The van der Waals surface area contributed by atoms with Crippen LogP contribution in [0.25, 0.3) is 0 Å². The van der Waals surface area contributed by atoms with Crippen molar-refractivity contribution in [2.75, 3.05) is 54.5 Å². The lowest BCUT2D eigenvalue weighted by atomic mass is 10.2. The molecule has 32 heavy (non-hydrogen) atoms. The monoisotopic (exact) mass is 445 g/mol. The molecule has 178 valence electrons. The van der Waals surface area contributed by atoms with Crippen molar-refractivity contribution >= 4 is 5.96 Å². The Morgan fingerprint density at radius 3 is 2.31 bits per heavy atom. The van der Waals surface area contributed by atoms with Gasteiger partial charge in [-0.05, 0) is 70.9 Å². The number of rotatable bonds is 15. The van der Waals surface area contributed by atoms with E-state index in [0.717, 1.165) is 43.2 Å². The number of hydrogen-bond donors (Lipinski definition) is 3. The summed E-state index contributed by atoms with van der Waals surface area (Å²) in [5.41, 5.74) is 1.24. The van der Waals surface area contributed by atoms with E-state index < -0.39 is 0 Å². The van der Waals surface area contributed by atoms with Gasteiger partial charge in [-0.25, -0.2) is 0 Å². The first-order valence-corrected chi connectivity index (χ1v) is 11.1. The van der Waals surface area contributed by atoms with Crippen molar-refractivity contribution in [3.05, 3.63) is 53.5 Å². The number of hydrogen-bond acceptors (Lipinski definition) is 6. The molecule has 8 heteroatoms. The summed E-state index contributed by atoms with van der Waals surface area (Å²) in [5.74, 6) is 3.01. The minimum Gasteiger partial charge on any atom is -0.494 e. The smallest absolute Gasteiger partial charge is 0.188 e. The third-order valence-corrected chi connectivity index (χ3v) is 4.49. The number of nitrogens with zero attached hydrogens (tertiary/aromatic N) is 2. The van der Waals surface area contributed by atoms with Crippen LogP contribution in [0.15, 0.2) is 40.8 Å². The molecule has 2 aromatic rings. The summed E-state index contributed by atoms with van der Waals surface area (Å²) in [4.78, 5) is 4.20. The van der Waals surface area contributed by atoms with Gasteiger partial charge in [0.25, 0.3) is 0 Å². The Kier molecular flexibility index (Phi) is 11.6. The predicted molar refractivity (Wildman–Crippen MR) is 128 cm³/mol. The Bertz CT molecular complexity index is 791. The topological polar surface area (TPSA) is 86.0 Å². The number of benzene rings is 1. The van der Waals surface area contributed by atoms with Crippen molar-refractivity contribution < 1.29 is 13.9 Å². The van der Waals surface area contributed by atoms with Crippen LogP contribution in [-0.2, 0) is 24.4 Å². The number of nitrogens with one attached hydrogen (secondary N) is 3. The van der Waals surface area contributed by atoms with Crippen LogP contribution in [0, 0.1) is 5.41 Å². The maximum atomic E-state index is 7.93. The SMILES string of the molecule is CN(C)Cc1cccc(OCCCNC(=N)NCCCOCc2ccc(CN(C)C)o2)c1. The summed E-state index contributed by atoms with van der Waals surface area (Å²) < 4.78 is 17.2. The molecule has 1 aromatic heterocycles. The number of furan rings is 1. The van der Waals surface area contributed by atoms with Crippen molar-refractivity contribution in [2.24, 2.45) is 0 Å². The van der Waals surface area contributed by atoms with E-state index in [1.165, 1.54) is 5.56 Å². The highest BCUT2D eigenvalue weighted by atomic mass is 16.5. The largest absolute Gasteiger partial charge is 0.494 e. The van der Waals surface area contributed by atoms with E-state index in [-0.39, 0.29) is 0 Å². The zero-order valence-corrected chi connectivity index (χ0v) is 19.9. The van der Waals surface area contributed by atoms with Gasteiger partial charge in [-0.2, -0.15) is 0 Å². The molecule has 2 rings (SSSR count). The highest BCUT2D eigenvalue weighted by Gasteiger charge is 2.04. The number of guanidine groups is 1. The van der Waals surface area contributed by atoms with Crippen LogP contribution in [0.2, 0.25) is 0 Å². The van der Waals surface area contributed by atoms with Crippen molar-refractivity contribution in [2.45, 2.75) is 32.5 Å². The molecule has 0 aliphatic rings. The molecule has 0 radical (unpaired) electrons. The summed E-state index contributed by atoms with van der Waals surface area (Å²) in [7, 11) is 8.13. The van der Waals surface area contributed by atoms with E-state index in [4.69, 9.17) is 19.3 Å². The molecule has 1 aromatic carbocycles. The first-order valence-electron chi connectivity index (χ1n) is 11.1. The second kappa shape index (κ2) is 14.5. The minimum atomic E-state index is 0.331. The van der Waals surface area contributed by atoms with Crippen molar-refractivity contribution in [1.82, 2.24) is 20.4 Å². The van der Waals surface area contributed by atoms with E-state index in [1.807, 2.05) is 38.4 Å². The Balaban J connectivity index is 1.46. The van der Waals surface area contributed by atoms with Crippen LogP contribution in [-0.4, -0.2) is 70.3 Å². The first kappa shape index (κ1) is 25.7. The summed E-state index contributed by atoms with van der Waals surface area (Å²) in [6.45, 7) is 4.76. The van der Waals surface area contributed by atoms with Crippen LogP contribution in [0.1, 0.15) is 29.9 Å². The van der Waals surface area contributed by atoms with Gasteiger partial charge >= 0.3 is 0 Å². The van der Waals surface area contributed by atoms with Crippen molar-refractivity contribution in [1.29, 1.82) is 5.41 Å². The molecule has 0 saturated carbocycles. The quantitative estimate of drug-likeness (QED) is 0.221. The summed E-state index contributed by atoms with van der Waals surface area (Å²) in [6, 6.07) is 12.1. The predicted octanol–water partition coefficient (Wildman–Crippen LogP) is 2.89. The molecule has 0 unspecified atom stereocenters. The molecule has 0 aliphatic carbocycles. The molecular weight excluding hydrogens is 406 g/mol. The fourth-order valence-electron chi connectivity index (χ4n) is 3.09. The van der Waals surface area contributed by atoms with Gasteiger partial charge < -0.3 is 34.3 Å². The molecule has 0 bridgehead atoms. The van der Waals surface area contributed by atoms with Gasteiger partial charge in [0, 0.05) is 26.2 Å². The Morgan fingerprint density at radius 2 is 1.59 bits per heavy atom.